The van der Waals surface area contributed by atoms with Crippen molar-refractivity contribution < 1.29 is 28.7 Å². The van der Waals surface area contributed by atoms with Crippen LogP contribution < -0.4 is 22.1 Å². The number of benzene rings is 1. The van der Waals surface area contributed by atoms with Crippen molar-refractivity contribution in [1.82, 2.24) is 10.6 Å². The number of ether oxygens (including phenoxy) is 2. The number of esters is 1. The molecule has 1 aromatic rings. The zero-order valence-electron chi connectivity index (χ0n) is 29.0. The standard InChI is InChI=1S/C34H58N5O6P/c1-8-24(2)26(32(42)44-22-25-15-10-9-11-16-25)21-29(40)28(18-14-20-37-30(36)23-46(6)7)39-31(41)27(35)17-12-13-19-38-33(43)45-34(3,4)5/h9-11,15-16,24,26-28H,8,12-14,17-23,35H2,1-7H3,(H2,36,37)(H,38,43)(H,39,41)/t24?,26-,27+,28+/m0/s1. The topological polar surface area (TPSA) is 175 Å². The van der Waals surface area contributed by atoms with Crippen molar-refractivity contribution in [2.24, 2.45) is 28.3 Å². The molecule has 260 valence electrons. The third-order valence-corrected chi connectivity index (χ3v) is 8.33. The van der Waals surface area contributed by atoms with Crippen LogP contribution in [0.15, 0.2) is 35.3 Å². The van der Waals surface area contributed by atoms with E-state index in [2.05, 4.69) is 29.0 Å². The van der Waals surface area contributed by atoms with Crippen molar-refractivity contribution >= 4 is 37.5 Å². The molecule has 0 radical (unpaired) electrons. The Morgan fingerprint density at radius 3 is 2.30 bits per heavy atom. The number of aliphatic imine (C=N–C) groups is 1. The molecule has 46 heavy (non-hydrogen) atoms. The number of amidine groups is 1. The van der Waals surface area contributed by atoms with Gasteiger partial charge in [-0.15, -0.1) is 7.92 Å². The second kappa shape index (κ2) is 21.7. The maximum atomic E-state index is 13.7. The predicted octanol–water partition coefficient (Wildman–Crippen LogP) is 4.74. The molecular weight excluding hydrogens is 605 g/mol. The number of nitrogens with two attached hydrogens (primary N) is 2. The Hall–Kier alpha value is -3.04. The largest absolute Gasteiger partial charge is 0.461 e. The van der Waals surface area contributed by atoms with Crippen molar-refractivity contribution in [3.63, 3.8) is 0 Å². The second-order valence-electron chi connectivity index (χ2n) is 13.1. The van der Waals surface area contributed by atoms with Crippen LogP contribution in [0.25, 0.3) is 0 Å². The maximum absolute atomic E-state index is 13.7. The number of carbonyl (C=O) groups excluding carboxylic acids is 4. The van der Waals surface area contributed by atoms with Gasteiger partial charge in [-0.25, -0.2) is 4.79 Å². The number of unbranched alkanes of at least 4 members (excludes halogenated alkanes) is 1. The molecule has 1 rings (SSSR count). The van der Waals surface area contributed by atoms with E-state index < -0.39 is 41.6 Å². The van der Waals surface area contributed by atoms with Gasteiger partial charge in [0, 0.05) is 25.7 Å². The van der Waals surface area contributed by atoms with Gasteiger partial charge in [-0.05, 0) is 77.7 Å². The number of Topliss-reactive ketones (excluding diaryl/α,β-unsaturated/α-hetero) is 1. The Morgan fingerprint density at radius 2 is 1.70 bits per heavy atom. The Bertz CT molecular complexity index is 1110. The van der Waals surface area contributed by atoms with E-state index in [1.54, 1.807) is 20.8 Å². The van der Waals surface area contributed by atoms with E-state index in [0.717, 1.165) is 11.7 Å². The summed E-state index contributed by atoms with van der Waals surface area (Å²) in [6, 6.07) is 7.73. The van der Waals surface area contributed by atoms with Crippen LogP contribution in [0.5, 0.6) is 0 Å². The molecule has 0 heterocycles. The van der Waals surface area contributed by atoms with Gasteiger partial charge >= 0.3 is 12.1 Å². The highest BCUT2D eigenvalue weighted by molar-refractivity contribution is 7.57. The number of nitrogens with zero attached hydrogens (tertiary/aromatic N) is 1. The van der Waals surface area contributed by atoms with E-state index in [4.69, 9.17) is 20.9 Å². The molecule has 1 aromatic carbocycles. The molecule has 0 bridgehead atoms. The van der Waals surface area contributed by atoms with Crippen LogP contribution in [-0.4, -0.2) is 79.9 Å². The van der Waals surface area contributed by atoms with Crippen LogP contribution in [-0.2, 0) is 30.5 Å². The van der Waals surface area contributed by atoms with Crippen molar-refractivity contribution in [2.45, 2.75) is 104 Å². The molecule has 1 unspecified atom stereocenters. The number of carbonyl (C=O) groups is 4. The number of alkyl carbamates (subject to hydrolysis) is 1. The summed E-state index contributed by atoms with van der Waals surface area (Å²) in [7, 11) is -0.214. The van der Waals surface area contributed by atoms with Gasteiger partial charge in [0.25, 0.3) is 0 Å². The zero-order chi connectivity index (χ0) is 34.7. The first kappa shape index (κ1) is 41.0. The molecule has 0 aliphatic carbocycles. The fourth-order valence-corrected chi connectivity index (χ4v) is 5.35. The fraction of sp³-hybridized carbons (Fsp3) is 0.676. The molecule has 0 aromatic heterocycles. The van der Waals surface area contributed by atoms with Gasteiger partial charge in [0.2, 0.25) is 5.91 Å². The lowest BCUT2D eigenvalue weighted by Crippen LogP contribution is -2.49. The molecule has 6 N–H and O–H groups in total. The monoisotopic (exact) mass is 663 g/mol. The van der Waals surface area contributed by atoms with E-state index in [-0.39, 0.29) is 32.7 Å². The third-order valence-electron chi connectivity index (χ3n) is 7.37. The number of nitrogens with one attached hydrogen (secondary N) is 2. The summed E-state index contributed by atoms with van der Waals surface area (Å²) < 4.78 is 10.8. The van der Waals surface area contributed by atoms with Gasteiger partial charge in [0.05, 0.1) is 23.8 Å². The minimum atomic E-state index is -0.833. The van der Waals surface area contributed by atoms with Crippen LogP contribution >= 0.6 is 7.92 Å². The summed E-state index contributed by atoms with van der Waals surface area (Å²) in [5.74, 6) is -1.26. The van der Waals surface area contributed by atoms with Gasteiger partial charge in [-0.2, -0.15) is 0 Å². The van der Waals surface area contributed by atoms with E-state index in [0.29, 0.717) is 57.5 Å². The third kappa shape index (κ3) is 18.2. The first-order valence-corrected chi connectivity index (χ1v) is 18.7. The van der Waals surface area contributed by atoms with E-state index in [1.807, 2.05) is 44.2 Å². The number of ketones is 1. The normalized spacial score (nSPS) is 14.6. The van der Waals surface area contributed by atoms with Crippen LogP contribution in [0.3, 0.4) is 0 Å². The Labute approximate surface area is 277 Å². The first-order chi connectivity index (χ1) is 21.6. The molecular formula is C34H58N5O6P. The minimum absolute atomic E-state index is 0.0550. The number of rotatable bonds is 21. The summed E-state index contributed by atoms with van der Waals surface area (Å²) in [5.41, 5.74) is 12.5. The summed E-state index contributed by atoms with van der Waals surface area (Å²) in [4.78, 5) is 56.2. The van der Waals surface area contributed by atoms with E-state index in [9.17, 15) is 19.2 Å². The quantitative estimate of drug-likeness (QED) is 0.0480. The van der Waals surface area contributed by atoms with Crippen molar-refractivity contribution in [2.75, 3.05) is 32.6 Å². The maximum Gasteiger partial charge on any atom is 0.407 e. The lowest BCUT2D eigenvalue weighted by atomic mass is 9.85. The highest BCUT2D eigenvalue weighted by Crippen LogP contribution is 2.24. The number of hydrogen-bond donors (Lipinski definition) is 4. The van der Waals surface area contributed by atoms with Crippen molar-refractivity contribution in [3.05, 3.63) is 35.9 Å². The lowest BCUT2D eigenvalue weighted by molar-refractivity contribution is -0.153. The fourth-order valence-electron chi connectivity index (χ4n) is 4.61. The van der Waals surface area contributed by atoms with E-state index >= 15 is 0 Å². The Balaban J connectivity index is 2.85. The minimum Gasteiger partial charge on any atom is -0.461 e. The Morgan fingerprint density at radius 1 is 1.02 bits per heavy atom. The lowest BCUT2D eigenvalue weighted by Gasteiger charge is -2.25. The average molecular weight is 664 g/mol. The Kier molecular flexibility index (Phi) is 19.3. The van der Waals surface area contributed by atoms with Crippen LogP contribution in [0.1, 0.15) is 85.1 Å². The highest BCUT2D eigenvalue weighted by Gasteiger charge is 2.32. The van der Waals surface area contributed by atoms with E-state index in [1.165, 1.54) is 0 Å². The number of amides is 2. The van der Waals surface area contributed by atoms with Gasteiger partial charge in [0.15, 0.2) is 5.78 Å². The van der Waals surface area contributed by atoms with Crippen LogP contribution in [0.4, 0.5) is 4.79 Å². The molecule has 0 saturated carbocycles. The molecule has 0 aliphatic rings. The van der Waals surface area contributed by atoms with Crippen LogP contribution in [0, 0.1) is 11.8 Å². The van der Waals surface area contributed by atoms with Gasteiger partial charge in [-0.1, -0.05) is 50.6 Å². The summed E-state index contributed by atoms with van der Waals surface area (Å²) in [5, 5.41) is 5.54. The molecule has 2 amide bonds. The molecule has 12 heteroatoms. The predicted molar refractivity (Wildman–Crippen MR) is 186 cm³/mol. The molecule has 4 atom stereocenters. The smallest absolute Gasteiger partial charge is 0.407 e. The van der Waals surface area contributed by atoms with Crippen LogP contribution in [0.2, 0.25) is 0 Å². The molecule has 0 fully saturated rings. The summed E-state index contributed by atoms with van der Waals surface area (Å²) in [6.45, 7) is 14.5. The first-order valence-electron chi connectivity index (χ1n) is 16.3. The molecule has 0 saturated heterocycles. The summed E-state index contributed by atoms with van der Waals surface area (Å²) >= 11 is 0. The van der Waals surface area contributed by atoms with Crippen molar-refractivity contribution in [1.29, 1.82) is 0 Å². The zero-order valence-corrected chi connectivity index (χ0v) is 29.9. The average Bonchev–Trinajstić information content (AvgIpc) is 2.98. The second-order valence-corrected chi connectivity index (χ2v) is 15.6. The molecule has 0 aliphatic heterocycles. The van der Waals surface area contributed by atoms with Gasteiger partial charge in [0.1, 0.15) is 12.2 Å². The SMILES string of the molecule is CCC(C)[C@H](CC(=O)[C@@H](CCCN=C(N)CP(C)C)NC(=O)[C@H](N)CCCCNC(=O)OC(C)(C)C)C(=O)OCc1ccccc1. The highest BCUT2D eigenvalue weighted by atomic mass is 31.1. The summed E-state index contributed by atoms with van der Waals surface area (Å²) in [6.07, 6.45) is 3.34. The van der Waals surface area contributed by atoms with Gasteiger partial charge in [-0.3, -0.25) is 19.4 Å². The number of hydrogen-bond acceptors (Lipinski definition) is 8. The van der Waals surface area contributed by atoms with Gasteiger partial charge < -0.3 is 31.6 Å². The van der Waals surface area contributed by atoms with Crippen molar-refractivity contribution in [3.8, 4) is 0 Å². The molecule has 0 spiro atoms. The molecule has 11 nitrogen and oxygen atoms in total.